The van der Waals surface area contributed by atoms with E-state index < -0.39 is 0 Å². The van der Waals surface area contributed by atoms with Crippen LogP contribution in [0.1, 0.15) is 30.9 Å². The summed E-state index contributed by atoms with van der Waals surface area (Å²) in [6, 6.07) is 10.7. The number of carbonyl (C=O) groups excluding carboxylic acids is 1. The smallest absolute Gasteiger partial charge is 0.319 e. The molecule has 28 heavy (non-hydrogen) atoms. The number of anilines is 1. The first-order valence-electron chi connectivity index (χ1n) is 9.29. The first-order chi connectivity index (χ1) is 13.6. The largest absolute Gasteiger partial charge is 0.329 e. The highest BCUT2D eigenvalue weighted by Gasteiger charge is 2.27. The Balaban J connectivity index is 1.53. The van der Waals surface area contributed by atoms with Crippen LogP contribution in [0.3, 0.4) is 0 Å². The van der Waals surface area contributed by atoms with Gasteiger partial charge in [0.2, 0.25) is 0 Å². The number of fused-ring (bicyclic) bond motifs is 1. The Hall–Kier alpha value is -2.28. The number of nitrogens with one attached hydrogen (secondary N) is 4. The van der Waals surface area contributed by atoms with E-state index in [0.29, 0.717) is 15.7 Å². The van der Waals surface area contributed by atoms with Gasteiger partial charge in [0.05, 0.1) is 27.8 Å². The molecule has 0 bridgehead atoms. The van der Waals surface area contributed by atoms with Crippen molar-refractivity contribution in [2.24, 2.45) is 0 Å². The second-order valence-corrected chi connectivity index (χ2v) is 7.79. The monoisotopic (exact) mass is 417 g/mol. The maximum atomic E-state index is 12.7. The van der Waals surface area contributed by atoms with Gasteiger partial charge in [0.1, 0.15) is 0 Å². The van der Waals surface area contributed by atoms with Crippen molar-refractivity contribution in [1.29, 1.82) is 0 Å². The predicted molar refractivity (Wildman–Crippen MR) is 113 cm³/mol. The zero-order chi connectivity index (χ0) is 19.5. The molecule has 2 aromatic carbocycles. The van der Waals surface area contributed by atoms with Crippen LogP contribution in [-0.4, -0.2) is 28.8 Å². The maximum Gasteiger partial charge on any atom is 0.319 e. The van der Waals surface area contributed by atoms with Crippen LogP contribution in [0.25, 0.3) is 10.9 Å². The van der Waals surface area contributed by atoms with E-state index in [1.165, 1.54) is 0 Å². The Labute approximate surface area is 173 Å². The molecule has 2 amide bonds. The first kappa shape index (κ1) is 19.1. The van der Waals surface area contributed by atoms with Gasteiger partial charge in [-0.3, -0.25) is 5.10 Å². The summed E-state index contributed by atoms with van der Waals surface area (Å²) in [5, 5.41) is 18.3. The third kappa shape index (κ3) is 4.24. The lowest BCUT2D eigenvalue weighted by Gasteiger charge is -2.32. The van der Waals surface area contributed by atoms with E-state index in [9.17, 15) is 4.79 Å². The molecule has 1 aromatic heterocycles. The number of nitrogens with zero attached hydrogens (tertiary/aromatic N) is 1. The van der Waals surface area contributed by atoms with Gasteiger partial charge in [0.15, 0.2) is 0 Å². The van der Waals surface area contributed by atoms with Crippen molar-refractivity contribution in [3.05, 3.63) is 58.2 Å². The third-order valence-electron chi connectivity index (χ3n) is 5.04. The number of halogens is 2. The fraction of sp³-hybridized carbons (Fsp3) is 0.300. The molecule has 6 nitrogen and oxygen atoms in total. The molecule has 1 saturated heterocycles. The number of piperidine rings is 1. The lowest BCUT2D eigenvalue weighted by Crippen LogP contribution is -2.47. The molecule has 1 aliphatic rings. The average Bonchev–Trinajstić information content (AvgIpc) is 3.17. The number of rotatable bonds is 4. The molecule has 4 rings (SSSR count). The molecule has 2 heterocycles. The van der Waals surface area contributed by atoms with Crippen LogP contribution < -0.4 is 16.0 Å². The molecule has 146 valence electrons. The Bertz CT molecular complexity index is 984. The van der Waals surface area contributed by atoms with E-state index in [1.54, 1.807) is 12.3 Å². The van der Waals surface area contributed by atoms with Gasteiger partial charge in [-0.1, -0.05) is 35.7 Å². The highest BCUT2D eigenvalue weighted by atomic mass is 35.5. The molecule has 1 aliphatic heterocycles. The summed E-state index contributed by atoms with van der Waals surface area (Å²) in [4.78, 5) is 12.7. The van der Waals surface area contributed by atoms with E-state index >= 15 is 0 Å². The van der Waals surface area contributed by atoms with Gasteiger partial charge in [0, 0.05) is 17.1 Å². The van der Waals surface area contributed by atoms with Crippen LogP contribution in [-0.2, 0) is 0 Å². The minimum absolute atomic E-state index is 0.132. The third-order valence-corrected chi connectivity index (χ3v) is 5.78. The fourth-order valence-corrected chi connectivity index (χ4v) is 3.92. The van der Waals surface area contributed by atoms with Crippen molar-refractivity contribution in [2.45, 2.75) is 31.3 Å². The second kappa shape index (κ2) is 8.39. The van der Waals surface area contributed by atoms with Crippen molar-refractivity contribution in [2.75, 3.05) is 11.9 Å². The lowest BCUT2D eigenvalue weighted by atomic mass is 9.92. The number of hydrogen-bond donors (Lipinski definition) is 4. The SMILES string of the molecule is O=C(Nc1ccc2[nH]ncc2c1)N[C@H](c1ccc(Cl)c(Cl)c1)[C@H]1CCCCN1. The second-order valence-electron chi connectivity index (χ2n) is 6.98. The summed E-state index contributed by atoms with van der Waals surface area (Å²) in [7, 11) is 0. The highest BCUT2D eigenvalue weighted by Crippen LogP contribution is 2.29. The highest BCUT2D eigenvalue weighted by molar-refractivity contribution is 6.42. The molecular weight excluding hydrogens is 397 g/mol. The first-order valence-corrected chi connectivity index (χ1v) is 10.0. The van der Waals surface area contributed by atoms with Gasteiger partial charge in [-0.05, 0) is 55.3 Å². The van der Waals surface area contributed by atoms with Gasteiger partial charge in [-0.15, -0.1) is 0 Å². The molecule has 8 heteroatoms. The molecule has 0 aliphatic carbocycles. The molecule has 0 spiro atoms. The van der Waals surface area contributed by atoms with Gasteiger partial charge in [0.25, 0.3) is 0 Å². The summed E-state index contributed by atoms with van der Waals surface area (Å²) >= 11 is 12.3. The number of aromatic amines is 1. The topological polar surface area (TPSA) is 81.8 Å². The summed E-state index contributed by atoms with van der Waals surface area (Å²) in [5.41, 5.74) is 2.55. The molecule has 1 fully saturated rings. The molecule has 2 atom stereocenters. The standard InChI is InChI=1S/C20H21Cl2N5O/c21-15-6-4-12(10-16(15)22)19(18-3-1-2-8-23-18)26-20(28)25-14-5-7-17-13(9-14)11-24-27-17/h4-7,9-11,18-19,23H,1-3,8H2,(H,24,27)(H2,25,26,28)/t18-,19-/m1/s1. The molecule has 0 radical (unpaired) electrons. The molecule has 0 unspecified atom stereocenters. The van der Waals surface area contributed by atoms with E-state index in [1.807, 2.05) is 30.3 Å². The molecule has 4 N–H and O–H groups in total. The number of urea groups is 1. The van der Waals surface area contributed by atoms with Crippen LogP contribution in [0.2, 0.25) is 10.0 Å². The summed E-state index contributed by atoms with van der Waals surface area (Å²) in [6.45, 7) is 0.933. The maximum absolute atomic E-state index is 12.7. The number of amides is 2. The Kier molecular flexibility index (Phi) is 5.71. The zero-order valence-electron chi connectivity index (χ0n) is 15.1. The quantitative estimate of drug-likeness (QED) is 0.488. The minimum Gasteiger partial charge on any atom is -0.329 e. The van der Waals surface area contributed by atoms with E-state index in [0.717, 1.165) is 42.3 Å². The van der Waals surface area contributed by atoms with Crippen LogP contribution in [0.5, 0.6) is 0 Å². The van der Waals surface area contributed by atoms with Crippen molar-refractivity contribution in [3.8, 4) is 0 Å². The Morgan fingerprint density at radius 3 is 2.82 bits per heavy atom. The Morgan fingerprint density at radius 1 is 1.14 bits per heavy atom. The number of H-pyrrole nitrogens is 1. The van der Waals surface area contributed by atoms with Gasteiger partial charge in [-0.2, -0.15) is 5.10 Å². The van der Waals surface area contributed by atoms with Crippen molar-refractivity contribution >= 4 is 45.8 Å². The lowest BCUT2D eigenvalue weighted by molar-refractivity contribution is 0.240. The van der Waals surface area contributed by atoms with Crippen LogP contribution in [0, 0.1) is 0 Å². The van der Waals surface area contributed by atoms with Crippen LogP contribution in [0.4, 0.5) is 10.5 Å². The summed E-state index contributed by atoms with van der Waals surface area (Å²) < 4.78 is 0. The van der Waals surface area contributed by atoms with Crippen molar-refractivity contribution < 1.29 is 4.79 Å². The molecular formula is C20H21Cl2N5O. The van der Waals surface area contributed by atoms with Gasteiger partial charge >= 0.3 is 6.03 Å². The zero-order valence-corrected chi connectivity index (χ0v) is 16.6. The predicted octanol–water partition coefficient (Wildman–Crippen LogP) is 4.87. The molecule has 0 saturated carbocycles. The normalized spacial score (nSPS) is 18.0. The van der Waals surface area contributed by atoms with E-state index in [4.69, 9.17) is 23.2 Å². The number of hydrogen-bond acceptors (Lipinski definition) is 3. The number of carbonyl (C=O) groups is 1. The Morgan fingerprint density at radius 2 is 2.04 bits per heavy atom. The van der Waals surface area contributed by atoms with Gasteiger partial charge < -0.3 is 16.0 Å². The summed E-state index contributed by atoms with van der Waals surface area (Å²) in [5.74, 6) is 0. The molecule has 3 aromatic rings. The van der Waals surface area contributed by atoms with Crippen molar-refractivity contribution in [3.63, 3.8) is 0 Å². The minimum atomic E-state index is -0.272. The van der Waals surface area contributed by atoms with Crippen molar-refractivity contribution in [1.82, 2.24) is 20.8 Å². The summed E-state index contributed by atoms with van der Waals surface area (Å²) in [6.07, 6.45) is 4.96. The van der Waals surface area contributed by atoms with E-state index in [2.05, 4.69) is 26.1 Å². The average molecular weight is 418 g/mol. The van der Waals surface area contributed by atoms with Crippen LogP contribution in [0.15, 0.2) is 42.6 Å². The van der Waals surface area contributed by atoms with E-state index in [-0.39, 0.29) is 18.1 Å². The fourth-order valence-electron chi connectivity index (χ4n) is 3.61. The van der Waals surface area contributed by atoms with Gasteiger partial charge in [-0.25, -0.2) is 4.79 Å². The number of benzene rings is 2. The number of aromatic nitrogens is 2. The van der Waals surface area contributed by atoms with Crippen LogP contribution >= 0.6 is 23.2 Å².